The number of aromatic nitrogens is 2. The minimum absolute atomic E-state index is 0.116. The van der Waals surface area contributed by atoms with Crippen molar-refractivity contribution in [3.8, 4) is 0 Å². The second kappa shape index (κ2) is 17.2. The van der Waals surface area contributed by atoms with E-state index in [1.165, 1.54) is 5.56 Å². The van der Waals surface area contributed by atoms with Gasteiger partial charge in [0.25, 0.3) is 0 Å². The summed E-state index contributed by atoms with van der Waals surface area (Å²) in [5.41, 5.74) is 2.79. The van der Waals surface area contributed by atoms with Crippen molar-refractivity contribution in [2.45, 2.75) is 57.4 Å². The van der Waals surface area contributed by atoms with E-state index in [1.54, 1.807) is 40.8 Å². The number of likely N-dealkylation sites (tertiary alicyclic amines) is 2. The molecule has 0 atom stereocenters. The van der Waals surface area contributed by atoms with E-state index in [4.69, 9.17) is 9.05 Å². The van der Waals surface area contributed by atoms with Gasteiger partial charge >= 0.3 is 7.60 Å². The number of anilines is 4. The maximum absolute atomic E-state index is 14.2. The van der Waals surface area contributed by atoms with Crippen LogP contribution in [0.1, 0.15) is 45.1 Å². The van der Waals surface area contributed by atoms with Crippen LogP contribution in [-0.4, -0.2) is 104 Å². The lowest BCUT2D eigenvalue weighted by molar-refractivity contribution is 0.153. The molecule has 48 heavy (non-hydrogen) atoms. The fourth-order valence-electron chi connectivity index (χ4n) is 6.25. The molecule has 2 saturated heterocycles. The van der Waals surface area contributed by atoms with Crippen molar-refractivity contribution in [2.75, 3.05) is 75.8 Å². The molecular formula is C34H50N7O5PS. The number of nitrogens with one attached hydrogen (secondary N) is 2. The summed E-state index contributed by atoms with van der Waals surface area (Å²) in [4.78, 5) is 13.8. The van der Waals surface area contributed by atoms with Gasteiger partial charge in [-0.1, -0.05) is 17.7 Å². The number of piperidine rings is 1. The number of rotatable bonds is 17. The molecule has 0 spiro atoms. The van der Waals surface area contributed by atoms with Crippen LogP contribution in [0.15, 0.2) is 65.7 Å². The molecule has 3 heterocycles. The van der Waals surface area contributed by atoms with Gasteiger partial charge in [0.1, 0.15) is 5.82 Å². The third-order valence-electron chi connectivity index (χ3n) is 8.84. The highest BCUT2D eigenvalue weighted by molar-refractivity contribution is 7.89. The van der Waals surface area contributed by atoms with Crippen molar-refractivity contribution in [2.24, 2.45) is 0 Å². The number of aryl methyl sites for hydroxylation is 1. The predicted molar refractivity (Wildman–Crippen MR) is 191 cm³/mol. The molecule has 12 nitrogen and oxygen atoms in total. The standard InChI is InChI=1S/C34H50N7O5PS/c1-4-45-47(42,46-5-2)27-26-40-22-17-31(18-23-40)41(25-24-39-20-6-7-21-39)48(43,44)32-14-12-30(13-15-32)37-34-35-19-16-33(38-34)36-29-10-8-28(3)9-11-29/h8-16,19,31H,4-7,17-18,20-27H2,1-3H3,(H2,35,36,37,38). The largest absolute Gasteiger partial charge is 0.340 e. The maximum Gasteiger partial charge on any atom is 0.331 e. The van der Waals surface area contributed by atoms with Crippen LogP contribution < -0.4 is 10.6 Å². The number of benzene rings is 2. The van der Waals surface area contributed by atoms with Gasteiger partial charge in [0, 0.05) is 43.2 Å². The molecule has 14 heteroatoms. The monoisotopic (exact) mass is 699 g/mol. The molecule has 0 saturated carbocycles. The van der Waals surface area contributed by atoms with E-state index in [9.17, 15) is 13.0 Å². The number of hydrogen-bond donors (Lipinski definition) is 2. The van der Waals surface area contributed by atoms with Gasteiger partial charge in [0.05, 0.1) is 24.3 Å². The number of sulfonamides is 1. The summed E-state index contributed by atoms with van der Waals surface area (Å²) in [6.07, 6.45) is 5.72. The highest BCUT2D eigenvalue weighted by atomic mass is 32.2. The van der Waals surface area contributed by atoms with Crippen LogP contribution in [0.25, 0.3) is 0 Å². The van der Waals surface area contributed by atoms with Gasteiger partial charge in [0.2, 0.25) is 16.0 Å². The van der Waals surface area contributed by atoms with E-state index in [-0.39, 0.29) is 10.9 Å². The molecule has 1 aromatic heterocycles. The number of nitrogens with zero attached hydrogens (tertiary/aromatic N) is 5. The maximum atomic E-state index is 14.2. The SMILES string of the molecule is CCOP(=O)(CCN1CCC(N(CCN2CCCC2)S(=O)(=O)c2ccc(Nc3nccc(Nc4ccc(C)cc4)n3)cc2)CC1)OCC. The Hall–Kier alpha value is -2.90. The average Bonchev–Trinajstić information content (AvgIpc) is 3.60. The first-order chi connectivity index (χ1) is 23.2. The molecule has 0 unspecified atom stereocenters. The summed E-state index contributed by atoms with van der Waals surface area (Å²) in [5, 5.41) is 6.48. The third kappa shape index (κ3) is 10.1. The van der Waals surface area contributed by atoms with Crippen molar-refractivity contribution in [1.29, 1.82) is 0 Å². The van der Waals surface area contributed by atoms with Crippen LogP contribution in [-0.2, 0) is 23.6 Å². The topological polar surface area (TPSA) is 129 Å². The molecule has 2 aliphatic rings. The van der Waals surface area contributed by atoms with Gasteiger partial charge < -0.3 is 29.5 Å². The Morgan fingerprint density at radius 2 is 1.46 bits per heavy atom. The van der Waals surface area contributed by atoms with Gasteiger partial charge in [-0.15, -0.1) is 0 Å². The minimum Gasteiger partial charge on any atom is -0.340 e. The molecule has 5 rings (SSSR count). The van der Waals surface area contributed by atoms with Crippen LogP contribution in [0.2, 0.25) is 0 Å². The zero-order valence-corrected chi connectivity index (χ0v) is 30.1. The molecule has 0 radical (unpaired) electrons. The summed E-state index contributed by atoms with van der Waals surface area (Å²) in [7, 11) is -6.88. The zero-order valence-electron chi connectivity index (χ0n) is 28.4. The second-order valence-electron chi connectivity index (χ2n) is 12.3. The molecule has 2 aliphatic heterocycles. The summed E-state index contributed by atoms with van der Waals surface area (Å²) < 4.78 is 54.0. The van der Waals surface area contributed by atoms with Gasteiger partial charge in [-0.3, -0.25) is 4.57 Å². The fourth-order valence-corrected chi connectivity index (χ4v) is 9.57. The van der Waals surface area contributed by atoms with Gasteiger partial charge in [-0.25, -0.2) is 13.4 Å². The molecule has 0 amide bonds. The first kappa shape index (κ1) is 36.4. The van der Waals surface area contributed by atoms with E-state index < -0.39 is 17.6 Å². The van der Waals surface area contributed by atoms with Crippen molar-refractivity contribution in [1.82, 2.24) is 24.1 Å². The minimum atomic E-state index is -3.76. The molecule has 262 valence electrons. The van der Waals surface area contributed by atoms with Crippen LogP contribution in [0.3, 0.4) is 0 Å². The van der Waals surface area contributed by atoms with Crippen molar-refractivity contribution >= 4 is 40.8 Å². The summed E-state index contributed by atoms with van der Waals surface area (Å²) >= 11 is 0. The van der Waals surface area contributed by atoms with E-state index in [2.05, 4.69) is 30.4 Å². The Morgan fingerprint density at radius 1 is 0.854 bits per heavy atom. The summed E-state index contributed by atoms with van der Waals surface area (Å²) in [6, 6.07) is 16.6. The highest BCUT2D eigenvalue weighted by Crippen LogP contribution is 2.47. The number of hydrogen-bond acceptors (Lipinski definition) is 11. The van der Waals surface area contributed by atoms with Crippen LogP contribution in [0, 0.1) is 6.92 Å². The lowest BCUT2D eigenvalue weighted by Crippen LogP contribution is -2.49. The Morgan fingerprint density at radius 3 is 2.10 bits per heavy atom. The zero-order chi connectivity index (χ0) is 34.0. The molecule has 0 aliphatic carbocycles. The normalized spacial score (nSPS) is 16.8. The van der Waals surface area contributed by atoms with E-state index in [1.807, 2.05) is 45.0 Å². The Labute approximate surface area is 285 Å². The molecule has 2 fully saturated rings. The van der Waals surface area contributed by atoms with Crippen molar-refractivity contribution < 1.29 is 22.0 Å². The van der Waals surface area contributed by atoms with Crippen LogP contribution in [0.5, 0.6) is 0 Å². The smallest absolute Gasteiger partial charge is 0.331 e. The molecule has 2 aromatic carbocycles. The summed E-state index contributed by atoms with van der Waals surface area (Å²) in [6.45, 7) is 11.6. The van der Waals surface area contributed by atoms with Crippen molar-refractivity contribution in [3.05, 3.63) is 66.4 Å². The first-order valence-electron chi connectivity index (χ1n) is 17.1. The molecule has 2 N–H and O–H groups in total. The van der Waals surface area contributed by atoms with Gasteiger partial charge in [-0.2, -0.15) is 9.29 Å². The highest BCUT2D eigenvalue weighted by Gasteiger charge is 2.35. The molecule has 0 bridgehead atoms. The fraction of sp³-hybridized carbons (Fsp3) is 0.529. The average molecular weight is 700 g/mol. The quantitative estimate of drug-likeness (QED) is 0.159. The van der Waals surface area contributed by atoms with Crippen LogP contribution >= 0.6 is 7.60 Å². The van der Waals surface area contributed by atoms with Gasteiger partial charge in [0.15, 0.2) is 0 Å². The Balaban J connectivity index is 1.23. The van der Waals surface area contributed by atoms with E-state index in [0.29, 0.717) is 62.8 Å². The lowest BCUT2D eigenvalue weighted by Gasteiger charge is -2.38. The first-order valence-corrected chi connectivity index (χ1v) is 20.2. The van der Waals surface area contributed by atoms with Crippen molar-refractivity contribution in [3.63, 3.8) is 0 Å². The Bertz CT molecular complexity index is 1590. The lowest BCUT2D eigenvalue weighted by atomic mass is 10.1. The predicted octanol–water partition coefficient (Wildman–Crippen LogP) is 6.09. The second-order valence-corrected chi connectivity index (χ2v) is 16.4. The van der Waals surface area contributed by atoms with Crippen LogP contribution in [0.4, 0.5) is 23.1 Å². The van der Waals surface area contributed by atoms with E-state index >= 15 is 0 Å². The van der Waals surface area contributed by atoms with Gasteiger partial charge in [-0.05, 0) is 115 Å². The molecular weight excluding hydrogens is 649 g/mol. The third-order valence-corrected chi connectivity index (χ3v) is 12.9. The molecule has 3 aromatic rings. The van der Waals surface area contributed by atoms with E-state index in [0.717, 1.165) is 51.3 Å². The summed E-state index contributed by atoms with van der Waals surface area (Å²) in [5.74, 6) is 1.05. The Kier molecular flexibility index (Phi) is 13.0.